The fraction of sp³-hybridized carbons (Fsp3) is 0.100. The molecule has 8 nitrogen and oxygen atoms in total. The molecule has 0 aliphatic carbocycles. The highest BCUT2D eigenvalue weighted by Crippen LogP contribution is 2.24. The molecule has 0 bridgehead atoms. The summed E-state index contributed by atoms with van der Waals surface area (Å²) in [6.07, 6.45) is 0. The Morgan fingerprint density at radius 2 is 1.06 bits per heavy atom. The first-order valence-electron chi connectivity index (χ1n) is 9.21. The van der Waals surface area contributed by atoms with Crippen LogP contribution in [0.4, 0.5) is 0 Å². The molecule has 176 valence electrons. The van der Waals surface area contributed by atoms with Crippen LogP contribution in [0, 0.1) is 0 Å². The Balaban J connectivity index is 0.000000191. The van der Waals surface area contributed by atoms with Gasteiger partial charge in [0.2, 0.25) is 0 Å². The number of imide groups is 2. The number of hydrogen-bond acceptors (Lipinski definition) is 6. The van der Waals surface area contributed by atoms with Crippen molar-refractivity contribution in [1.29, 1.82) is 0 Å². The predicted molar refractivity (Wildman–Crippen MR) is 136 cm³/mol. The molecular weight excluding hydrogens is 566 g/mol. The van der Waals surface area contributed by atoms with Crippen LogP contribution >= 0.6 is 70.8 Å². The molecule has 0 atom stereocenters. The van der Waals surface area contributed by atoms with E-state index in [2.05, 4.69) is 10.6 Å². The lowest BCUT2D eigenvalue weighted by Gasteiger charge is -2.13. The van der Waals surface area contributed by atoms with Crippen molar-refractivity contribution >= 4 is 105 Å². The molecule has 0 aromatic heterocycles. The van der Waals surface area contributed by atoms with Crippen molar-refractivity contribution in [2.24, 2.45) is 0 Å². The molecule has 2 aliphatic rings. The third-order valence-corrected chi connectivity index (χ3v) is 6.17. The van der Waals surface area contributed by atoms with E-state index in [0.717, 1.165) is 9.80 Å². The van der Waals surface area contributed by atoms with Crippen LogP contribution in [0.25, 0.3) is 0 Å². The van der Waals surface area contributed by atoms with E-state index in [1.165, 1.54) is 36.4 Å². The molecule has 2 saturated heterocycles. The van der Waals surface area contributed by atoms with Gasteiger partial charge in [-0.25, -0.2) is 9.80 Å². The van der Waals surface area contributed by atoms with Gasteiger partial charge in [0.15, 0.2) is 10.2 Å². The maximum Gasteiger partial charge on any atom is 0.268 e. The average Bonchev–Trinajstić information content (AvgIpc) is 3.27. The molecule has 0 spiro atoms. The molecule has 2 aromatic carbocycles. The second-order valence-electron chi connectivity index (χ2n) is 6.63. The second-order valence-corrected chi connectivity index (χ2v) is 9.10. The number of carbonyl (C=O) groups is 4. The monoisotopic (exact) mass is 576 g/mol. The van der Waals surface area contributed by atoms with Crippen molar-refractivity contribution in [3.63, 3.8) is 0 Å². The zero-order chi connectivity index (χ0) is 25.2. The Hall–Kier alpha value is -2.34. The molecule has 2 fully saturated rings. The van der Waals surface area contributed by atoms with Gasteiger partial charge in [0.05, 0.1) is 34.3 Å². The highest BCUT2D eigenvalue weighted by Gasteiger charge is 2.34. The minimum absolute atomic E-state index is 0.0236. The van der Waals surface area contributed by atoms with E-state index >= 15 is 0 Å². The van der Waals surface area contributed by atoms with Gasteiger partial charge in [0.1, 0.15) is 0 Å². The molecule has 0 saturated carbocycles. The van der Waals surface area contributed by atoms with E-state index in [1.807, 2.05) is 0 Å². The topological polar surface area (TPSA) is 98.8 Å². The maximum atomic E-state index is 12.0. The van der Waals surface area contributed by atoms with E-state index in [1.54, 1.807) is 0 Å². The maximum absolute atomic E-state index is 12.0. The highest BCUT2D eigenvalue weighted by atomic mass is 35.5. The number of hydrogen-bond donors (Lipinski definition) is 2. The summed E-state index contributed by atoms with van der Waals surface area (Å²) in [6, 6.07) is 8.85. The van der Waals surface area contributed by atoms with E-state index in [0.29, 0.717) is 10.0 Å². The molecule has 0 radical (unpaired) electrons. The molecule has 0 unspecified atom stereocenters. The summed E-state index contributed by atoms with van der Waals surface area (Å²) in [6.45, 7) is 0.0472. The summed E-state index contributed by atoms with van der Waals surface area (Å²) in [5.74, 6) is -1.89. The summed E-state index contributed by atoms with van der Waals surface area (Å²) >= 11 is 33.0. The number of amides is 4. The minimum atomic E-state index is -0.549. The standard InChI is InChI=1S/2C10H6Cl2N2O2S/c2*11-5-1-2-6(7(12)3-5)9(16)14-8(15)4-13-10(14)17/h2*1-3H,4H2,(H,13,17). The van der Waals surface area contributed by atoms with E-state index in [-0.39, 0.29) is 44.5 Å². The van der Waals surface area contributed by atoms with Gasteiger partial charge in [-0.1, -0.05) is 46.4 Å². The first-order valence-corrected chi connectivity index (χ1v) is 11.5. The SMILES string of the molecule is O=C1CNC(=S)N1C(=O)c1ccc(Cl)cc1Cl.O=C1CNC(=S)N1C(=O)c1ccc(Cl)cc1Cl. The molecule has 14 heteroatoms. The summed E-state index contributed by atoms with van der Waals surface area (Å²) < 4.78 is 0. The molecular formula is C20H12Cl4N4O4S2. The van der Waals surface area contributed by atoms with Crippen LogP contribution in [-0.2, 0) is 9.59 Å². The Bertz CT molecular complexity index is 1130. The Morgan fingerprint density at radius 3 is 1.32 bits per heavy atom. The third-order valence-electron chi connectivity index (χ3n) is 4.42. The first kappa shape index (κ1) is 26.3. The summed E-state index contributed by atoms with van der Waals surface area (Å²) in [7, 11) is 0. The molecule has 34 heavy (non-hydrogen) atoms. The van der Waals surface area contributed by atoms with E-state index < -0.39 is 23.6 Å². The fourth-order valence-electron chi connectivity index (χ4n) is 2.82. The van der Waals surface area contributed by atoms with Gasteiger partial charge in [-0.2, -0.15) is 0 Å². The molecule has 4 amide bonds. The van der Waals surface area contributed by atoms with Gasteiger partial charge in [0, 0.05) is 10.0 Å². The molecule has 2 N–H and O–H groups in total. The number of nitrogens with zero attached hydrogens (tertiary/aromatic N) is 2. The molecule has 4 rings (SSSR count). The number of thiocarbonyl (C=S) groups is 2. The number of nitrogens with one attached hydrogen (secondary N) is 2. The fourth-order valence-corrected chi connectivity index (χ4v) is 4.32. The Kier molecular flexibility index (Phi) is 8.45. The molecule has 2 heterocycles. The lowest BCUT2D eigenvalue weighted by molar-refractivity contribution is -0.123. The lowest BCUT2D eigenvalue weighted by atomic mass is 10.2. The van der Waals surface area contributed by atoms with E-state index in [9.17, 15) is 19.2 Å². The van der Waals surface area contributed by atoms with Crippen LogP contribution in [0.15, 0.2) is 36.4 Å². The molecule has 2 aromatic rings. The number of benzene rings is 2. The van der Waals surface area contributed by atoms with Crippen LogP contribution in [0.1, 0.15) is 20.7 Å². The largest absolute Gasteiger partial charge is 0.353 e. The van der Waals surface area contributed by atoms with Gasteiger partial charge < -0.3 is 10.6 Å². The van der Waals surface area contributed by atoms with Crippen LogP contribution in [0.3, 0.4) is 0 Å². The van der Waals surface area contributed by atoms with Crippen molar-refractivity contribution in [3.05, 3.63) is 67.6 Å². The van der Waals surface area contributed by atoms with Crippen molar-refractivity contribution in [1.82, 2.24) is 20.4 Å². The smallest absolute Gasteiger partial charge is 0.268 e. The predicted octanol–water partition coefficient (Wildman–Crippen LogP) is 3.70. The normalized spacial score (nSPS) is 15.1. The minimum Gasteiger partial charge on any atom is -0.353 e. The van der Waals surface area contributed by atoms with Gasteiger partial charge in [-0.05, 0) is 60.8 Å². The zero-order valence-electron chi connectivity index (χ0n) is 16.7. The Morgan fingerprint density at radius 1 is 0.706 bits per heavy atom. The van der Waals surface area contributed by atoms with Gasteiger partial charge in [-0.3, -0.25) is 19.2 Å². The lowest BCUT2D eigenvalue weighted by Crippen LogP contribution is -2.36. The third kappa shape index (κ3) is 5.65. The van der Waals surface area contributed by atoms with Crippen molar-refractivity contribution < 1.29 is 19.2 Å². The van der Waals surface area contributed by atoms with Crippen LogP contribution in [0.2, 0.25) is 20.1 Å². The molecule has 2 aliphatic heterocycles. The van der Waals surface area contributed by atoms with E-state index in [4.69, 9.17) is 70.8 Å². The van der Waals surface area contributed by atoms with Crippen molar-refractivity contribution in [2.75, 3.05) is 13.1 Å². The first-order chi connectivity index (χ1) is 16.0. The number of rotatable bonds is 2. The van der Waals surface area contributed by atoms with Crippen LogP contribution < -0.4 is 10.6 Å². The zero-order valence-corrected chi connectivity index (χ0v) is 21.4. The average molecular weight is 578 g/mol. The van der Waals surface area contributed by atoms with Gasteiger partial charge in [0.25, 0.3) is 23.6 Å². The summed E-state index contributed by atoms with van der Waals surface area (Å²) in [4.78, 5) is 48.8. The van der Waals surface area contributed by atoms with Crippen molar-refractivity contribution in [2.45, 2.75) is 0 Å². The number of carbonyl (C=O) groups excluding carboxylic acids is 4. The highest BCUT2D eigenvalue weighted by molar-refractivity contribution is 7.80. The summed E-state index contributed by atoms with van der Waals surface area (Å²) in [5.41, 5.74) is 0.380. The van der Waals surface area contributed by atoms with Crippen molar-refractivity contribution in [3.8, 4) is 0 Å². The summed E-state index contributed by atoms with van der Waals surface area (Å²) in [5, 5.41) is 6.62. The van der Waals surface area contributed by atoms with Gasteiger partial charge in [-0.15, -0.1) is 0 Å². The Labute approximate surface area is 224 Å². The second kappa shape index (κ2) is 10.9. The van der Waals surface area contributed by atoms with Crippen LogP contribution in [-0.4, -0.2) is 56.7 Å². The number of halogens is 4. The van der Waals surface area contributed by atoms with Crippen LogP contribution in [0.5, 0.6) is 0 Å². The quantitative estimate of drug-likeness (QED) is 0.412. The van der Waals surface area contributed by atoms with Gasteiger partial charge >= 0.3 is 0 Å².